The largest absolute Gasteiger partial charge is 0.480 e. The molecule has 1 aliphatic rings. The predicted octanol–water partition coefficient (Wildman–Crippen LogP) is 3.58. The smallest absolute Gasteiger partial charge is 0.320 e. The number of carboxylic acid groups (broad SMARTS) is 1. The Hall–Kier alpha value is -1.42. The number of para-hydroxylation sites is 1. The van der Waals surface area contributed by atoms with Crippen LogP contribution in [0.4, 0.5) is 0 Å². The summed E-state index contributed by atoms with van der Waals surface area (Å²) in [5.41, 5.74) is 2.14. The molecule has 2 aromatic rings. The number of rotatable bonds is 3. The van der Waals surface area contributed by atoms with Crippen LogP contribution in [0, 0.1) is 6.92 Å². The maximum atomic E-state index is 11.4. The van der Waals surface area contributed by atoms with Gasteiger partial charge in [-0.25, -0.2) is 0 Å². The number of nitrogens with one attached hydrogen (secondary N) is 1. The van der Waals surface area contributed by atoms with Crippen molar-refractivity contribution in [2.24, 2.45) is 0 Å². The first-order chi connectivity index (χ1) is 8.62. The molecule has 2 N–H and O–H groups in total. The van der Waals surface area contributed by atoms with Gasteiger partial charge in [-0.15, -0.1) is 11.8 Å². The normalized spacial score (nSPS) is 17.6. The highest BCUT2D eigenvalue weighted by atomic mass is 32.2. The molecule has 3 nitrogen and oxygen atoms in total. The Kier molecular flexibility index (Phi) is 2.63. The summed E-state index contributed by atoms with van der Waals surface area (Å²) >= 11 is 1.52. The van der Waals surface area contributed by atoms with Crippen molar-refractivity contribution in [1.82, 2.24) is 4.98 Å². The molecule has 1 aliphatic carbocycles. The summed E-state index contributed by atoms with van der Waals surface area (Å²) < 4.78 is -0.601. The van der Waals surface area contributed by atoms with Gasteiger partial charge in [-0.05, 0) is 32.3 Å². The van der Waals surface area contributed by atoms with Crippen LogP contribution < -0.4 is 0 Å². The van der Waals surface area contributed by atoms with Crippen molar-refractivity contribution in [3.8, 4) is 0 Å². The molecule has 0 spiro atoms. The molecular weight excluding hydrogens is 246 g/mol. The average Bonchev–Trinajstić information content (AvgIpc) is 2.59. The Bertz CT molecular complexity index is 613. The number of carbonyl (C=O) groups is 1. The van der Waals surface area contributed by atoms with Crippen molar-refractivity contribution in [3.05, 3.63) is 30.0 Å². The SMILES string of the molecule is Cc1[nH]c2ccccc2c1SC1(C(=O)O)CCC1. The molecule has 0 unspecified atom stereocenters. The van der Waals surface area contributed by atoms with Crippen LogP contribution in [0.5, 0.6) is 0 Å². The molecular formula is C14H15NO2S. The first kappa shape index (κ1) is 11.7. The van der Waals surface area contributed by atoms with E-state index in [1.165, 1.54) is 11.8 Å². The van der Waals surface area contributed by atoms with Gasteiger partial charge in [0, 0.05) is 21.5 Å². The van der Waals surface area contributed by atoms with E-state index in [9.17, 15) is 9.90 Å². The number of fused-ring (bicyclic) bond motifs is 1. The lowest BCUT2D eigenvalue weighted by molar-refractivity contribution is -0.142. The summed E-state index contributed by atoms with van der Waals surface area (Å²) in [5, 5.41) is 10.5. The summed E-state index contributed by atoms with van der Waals surface area (Å²) in [5.74, 6) is -0.677. The molecule has 1 aromatic carbocycles. The van der Waals surface area contributed by atoms with Crippen molar-refractivity contribution >= 4 is 28.6 Å². The van der Waals surface area contributed by atoms with E-state index < -0.39 is 10.7 Å². The molecule has 1 saturated carbocycles. The van der Waals surface area contributed by atoms with Crippen LogP contribution in [0.15, 0.2) is 29.2 Å². The van der Waals surface area contributed by atoms with E-state index in [0.29, 0.717) is 0 Å². The standard InChI is InChI=1S/C14H15NO2S/c1-9-12(10-5-2-3-6-11(10)15-9)18-14(13(16)17)7-4-8-14/h2-3,5-6,15H,4,7-8H2,1H3,(H,16,17). The molecule has 0 bridgehead atoms. The Labute approximate surface area is 110 Å². The average molecular weight is 261 g/mol. The van der Waals surface area contributed by atoms with Crippen molar-refractivity contribution in [2.45, 2.75) is 35.8 Å². The van der Waals surface area contributed by atoms with Crippen LogP contribution >= 0.6 is 11.8 Å². The summed E-state index contributed by atoms with van der Waals surface area (Å²) in [6, 6.07) is 8.06. The van der Waals surface area contributed by atoms with Gasteiger partial charge in [0.2, 0.25) is 0 Å². The molecule has 1 heterocycles. The lowest BCUT2D eigenvalue weighted by Crippen LogP contribution is -2.41. The van der Waals surface area contributed by atoms with Crippen molar-refractivity contribution in [1.29, 1.82) is 0 Å². The van der Waals surface area contributed by atoms with Gasteiger partial charge in [0.05, 0.1) is 0 Å². The van der Waals surface area contributed by atoms with Gasteiger partial charge in [0.15, 0.2) is 0 Å². The fourth-order valence-electron chi connectivity index (χ4n) is 2.44. The van der Waals surface area contributed by atoms with Crippen LogP contribution in [0.3, 0.4) is 0 Å². The number of aromatic amines is 1. The highest BCUT2D eigenvalue weighted by Gasteiger charge is 2.46. The van der Waals surface area contributed by atoms with Gasteiger partial charge in [-0.1, -0.05) is 18.2 Å². The first-order valence-corrected chi connectivity index (χ1v) is 6.94. The van der Waals surface area contributed by atoms with E-state index >= 15 is 0 Å². The van der Waals surface area contributed by atoms with Crippen LogP contribution in [0.1, 0.15) is 25.0 Å². The Morgan fingerprint density at radius 2 is 2.11 bits per heavy atom. The van der Waals surface area contributed by atoms with Gasteiger partial charge < -0.3 is 10.1 Å². The van der Waals surface area contributed by atoms with Crippen molar-refractivity contribution < 1.29 is 9.90 Å². The zero-order valence-corrected chi connectivity index (χ0v) is 11.0. The predicted molar refractivity (Wildman–Crippen MR) is 73.1 cm³/mol. The van der Waals surface area contributed by atoms with Gasteiger partial charge >= 0.3 is 5.97 Å². The molecule has 0 atom stereocenters. The van der Waals surface area contributed by atoms with E-state index in [1.54, 1.807) is 0 Å². The number of aryl methyl sites for hydroxylation is 1. The maximum absolute atomic E-state index is 11.4. The Morgan fingerprint density at radius 1 is 1.39 bits per heavy atom. The number of benzene rings is 1. The van der Waals surface area contributed by atoms with Gasteiger partial charge in [0.1, 0.15) is 4.75 Å². The molecule has 0 amide bonds. The van der Waals surface area contributed by atoms with Crippen molar-refractivity contribution in [2.75, 3.05) is 0 Å². The third kappa shape index (κ3) is 1.63. The zero-order chi connectivity index (χ0) is 12.8. The van der Waals surface area contributed by atoms with Gasteiger partial charge in [-0.2, -0.15) is 0 Å². The molecule has 1 fully saturated rings. The van der Waals surface area contributed by atoms with Gasteiger partial charge in [-0.3, -0.25) is 4.79 Å². The number of hydrogen-bond donors (Lipinski definition) is 2. The fourth-order valence-corrected chi connectivity index (χ4v) is 3.90. The molecule has 3 rings (SSSR count). The number of aromatic nitrogens is 1. The van der Waals surface area contributed by atoms with E-state index in [-0.39, 0.29) is 0 Å². The molecule has 0 aliphatic heterocycles. The lowest BCUT2D eigenvalue weighted by atomic mass is 9.84. The topological polar surface area (TPSA) is 53.1 Å². The molecule has 1 aromatic heterocycles. The number of hydrogen-bond acceptors (Lipinski definition) is 2. The minimum absolute atomic E-state index is 0.601. The summed E-state index contributed by atoms with van der Waals surface area (Å²) in [7, 11) is 0. The first-order valence-electron chi connectivity index (χ1n) is 6.12. The van der Waals surface area contributed by atoms with E-state index in [0.717, 1.165) is 40.8 Å². The number of thioether (sulfide) groups is 1. The molecule has 94 valence electrons. The highest BCUT2D eigenvalue weighted by molar-refractivity contribution is 8.01. The van der Waals surface area contributed by atoms with Crippen LogP contribution in [-0.2, 0) is 4.79 Å². The highest BCUT2D eigenvalue weighted by Crippen LogP contribution is 2.50. The second-order valence-corrected chi connectivity index (χ2v) is 6.27. The van der Waals surface area contributed by atoms with E-state index in [1.807, 2.05) is 25.1 Å². The van der Waals surface area contributed by atoms with Crippen LogP contribution in [0.2, 0.25) is 0 Å². The third-order valence-electron chi connectivity index (χ3n) is 3.68. The lowest BCUT2D eigenvalue weighted by Gasteiger charge is -2.36. The summed E-state index contributed by atoms with van der Waals surface area (Å²) in [6.07, 6.45) is 2.55. The minimum Gasteiger partial charge on any atom is -0.480 e. The molecule has 0 radical (unpaired) electrons. The molecule has 0 saturated heterocycles. The second-order valence-electron chi connectivity index (χ2n) is 4.88. The molecule has 4 heteroatoms. The molecule has 18 heavy (non-hydrogen) atoms. The third-order valence-corrected chi connectivity index (χ3v) is 5.39. The number of carboxylic acids is 1. The number of aliphatic carboxylic acids is 1. The van der Waals surface area contributed by atoms with E-state index in [2.05, 4.69) is 11.1 Å². The van der Waals surface area contributed by atoms with Crippen LogP contribution in [0.25, 0.3) is 10.9 Å². The van der Waals surface area contributed by atoms with Crippen molar-refractivity contribution in [3.63, 3.8) is 0 Å². The van der Waals surface area contributed by atoms with E-state index in [4.69, 9.17) is 0 Å². The maximum Gasteiger partial charge on any atom is 0.320 e. The second kappa shape index (κ2) is 4.05. The zero-order valence-electron chi connectivity index (χ0n) is 10.2. The van der Waals surface area contributed by atoms with Gasteiger partial charge in [0.25, 0.3) is 0 Å². The quantitative estimate of drug-likeness (QED) is 0.888. The Balaban J connectivity index is 2.04. The number of H-pyrrole nitrogens is 1. The minimum atomic E-state index is -0.677. The summed E-state index contributed by atoms with van der Waals surface area (Å²) in [4.78, 5) is 15.9. The summed E-state index contributed by atoms with van der Waals surface area (Å²) in [6.45, 7) is 2.01. The fraction of sp³-hybridized carbons (Fsp3) is 0.357. The monoisotopic (exact) mass is 261 g/mol. The Morgan fingerprint density at radius 3 is 2.72 bits per heavy atom. The van der Waals surface area contributed by atoms with Crippen LogP contribution in [-0.4, -0.2) is 20.8 Å².